The van der Waals surface area contributed by atoms with Gasteiger partial charge < -0.3 is 0 Å². The molecule has 5 nitrogen and oxygen atoms in total. The second-order valence-electron chi connectivity index (χ2n) is 6.03. The largest absolute Gasteiger partial charge is 0.236 e. The van der Waals surface area contributed by atoms with E-state index in [1.807, 2.05) is 48.5 Å². The SMILES string of the molecule is Cc1ccc2nc(Cl)c(Cn3nnc(Cc4ccccc4)n3)cc2c1. The van der Waals surface area contributed by atoms with E-state index in [2.05, 4.69) is 33.4 Å². The van der Waals surface area contributed by atoms with Crippen molar-refractivity contribution in [3.63, 3.8) is 0 Å². The van der Waals surface area contributed by atoms with E-state index in [-0.39, 0.29) is 0 Å². The summed E-state index contributed by atoms with van der Waals surface area (Å²) in [5.41, 5.74) is 4.11. The van der Waals surface area contributed by atoms with Crippen LogP contribution in [0.3, 0.4) is 0 Å². The van der Waals surface area contributed by atoms with Crippen molar-refractivity contribution >= 4 is 22.5 Å². The van der Waals surface area contributed by atoms with Crippen molar-refractivity contribution in [2.24, 2.45) is 0 Å². The van der Waals surface area contributed by atoms with Gasteiger partial charge >= 0.3 is 0 Å². The molecule has 2 heterocycles. The first-order valence-electron chi connectivity index (χ1n) is 8.04. The monoisotopic (exact) mass is 349 g/mol. The predicted octanol–water partition coefficient (Wildman–Crippen LogP) is 3.82. The fourth-order valence-electron chi connectivity index (χ4n) is 2.77. The number of hydrogen-bond donors (Lipinski definition) is 0. The molecule has 0 saturated heterocycles. The third kappa shape index (κ3) is 3.51. The Morgan fingerprint density at radius 3 is 2.72 bits per heavy atom. The molecule has 0 fully saturated rings. The average Bonchev–Trinajstić information content (AvgIpc) is 3.04. The molecule has 0 atom stereocenters. The molecule has 4 aromatic rings. The van der Waals surface area contributed by atoms with Crippen LogP contribution in [0.2, 0.25) is 5.15 Å². The highest BCUT2D eigenvalue weighted by molar-refractivity contribution is 6.30. The minimum atomic E-state index is 0.442. The Kier molecular flexibility index (Phi) is 4.15. The zero-order valence-electron chi connectivity index (χ0n) is 13.7. The van der Waals surface area contributed by atoms with Crippen molar-refractivity contribution in [1.82, 2.24) is 25.2 Å². The fourth-order valence-corrected chi connectivity index (χ4v) is 2.98. The smallest absolute Gasteiger partial charge is 0.179 e. The molecule has 0 saturated carbocycles. The second-order valence-corrected chi connectivity index (χ2v) is 6.39. The molecule has 2 aromatic heterocycles. The van der Waals surface area contributed by atoms with Gasteiger partial charge in [-0.05, 0) is 35.9 Å². The molecule has 25 heavy (non-hydrogen) atoms. The van der Waals surface area contributed by atoms with E-state index in [1.54, 1.807) is 4.80 Å². The molecule has 0 aliphatic heterocycles. The maximum atomic E-state index is 6.33. The zero-order chi connectivity index (χ0) is 17.2. The van der Waals surface area contributed by atoms with Crippen molar-refractivity contribution in [1.29, 1.82) is 0 Å². The first-order chi connectivity index (χ1) is 12.2. The first-order valence-corrected chi connectivity index (χ1v) is 8.41. The van der Waals surface area contributed by atoms with Crippen LogP contribution in [0.25, 0.3) is 10.9 Å². The van der Waals surface area contributed by atoms with E-state index in [4.69, 9.17) is 11.6 Å². The Hall–Kier alpha value is -2.79. The molecule has 0 aliphatic rings. The van der Waals surface area contributed by atoms with E-state index in [0.29, 0.717) is 23.9 Å². The normalized spacial score (nSPS) is 11.1. The zero-order valence-corrected chi connectivity index (χ0v) is 14.5. The summed E-state index contributed by atoms with van der Waals surface area (Å²) < 4.78 is 0. The molecule has 4 rings (SSSR count). The summed E-state index contributed by atoms with van der Waals surface area (Å²) in [5, 5.41) is 14.2. The van der Waals surface area contributed by atoms with E-state index < -0.39 is 0 Å². The van der Waals surface area contributed by atoms with Crippen molar-refractivity contribution in [3.8, 4) is 0 Å². The minimum absolute atomic E-state index is 0.442. The number of nitrogens with zero attached hydrogens (tertiary/aromatic N) is 5. The van der Waals surface area contributed by atoms with Crippen molar-refractivity contribution in [2.45, 2.75) is 19.9 Å². The number of fused-ring (bicyclic) bond motifs is 1. The Morgan fingerprint density at radius 1 is 1.04 bits per heavy atom. The van der Waals surface area contributed by atoms with Crippen LogP contribution in [0.5, 0.6) is 0 Å². The highest BCUT2D eigenvalue weighted by Crippen LogP contribution is 2.22. The lowest BCUT2D eigenvalue weighted by Gasteiger charge is -2.06. The Morgan fingerprint density at radius 2 is 1.88 bits per heavy atom. The van der Waals surface area contributed by atoms with Crippen molar-refractivity contribution < 1.29 is 0 Å². The van der Waals surface area contributed by atoms with Gasteiger partial charge in [-0.2, -0.15) is 4.80 Å². The van der Waals surface area contributed by atoms with Crippen LogP contribution in [0.15, 0.2) is 54.6 Å². The molecular formula is C19H16ClN5. The highest BCUT2D eigenvalue weighted by Gasteiger charge is 2.09. The summed E-state index contributed by atoms with van der Waals surface area (Å²) in [5.74, 6) is 0.687. The van der Waals surface area contributed by atoms with Gasteiger partial charge in [0.15, 0.2) is 5.82 Å². The van der Waals surface area contributed by atoms with Gasteiger partial charge in [-0.3, -0.25) is 0 Å². The Bertz CT molecular complexity index is 1030. The van der Waals surface area contributed by atoms with Crippen LogP contribution in [0, 0.1) is 6.92 Å². The quantitative estimate of drug-likeness (QED) is 0.525. The lowest BCUT2D eigenvalue weighted by molar-refractivity contribution is 0.570. The molecular weight excluding hydrogens is 334 g/mol. The number of tetrazole rings is 1. The van der Waals surface area contributed by atoms with Crippen LogP contribution in [0.1, 0.15) is 22.5 Å². The molecule has 0 bridgehead atoms. The molecule has 0 spiro atoms. The molecule has 124 valence electrons. The van der Waals surface area contributed by atoms with Crippen LogP contribution < -0.4 is 0 Å². The molecule has 0 amide bonds. The summed E-state index contributed by atoms with van der Waals surface area (Å²) in [6, 6.07) is 18.2. The molecule has 6 heteroatoms. The second kappa shape index (κ2) is 6.61. The van der Waals surface area contributed by atoms with Crippen LogP contribution in [-0.2, 0) is 13.0 Å². The van der Waals surface area contributed by atoms with E-state index in [9.17, 15) is 0 Å². The average molecular weight is 350 g/mol. The van der Waals surface area contributed by atoms with Gasteiger partial charge in [-0.15, -0.1) is 10.2 Å². The third-order valence-electron chi connectivity index (χ3n) is 4.01. The van der Waals surface area contributed by atoms with Crippen LogP contribution in [-0.4, -0.2) is 25.2 Å². The molecule has 0 unspecified atom stereocenters. The standard InChI is InChI=1S/C19H16ClN5/c1-13-7-8-17-15(9-13)11-16(19(20)21-17)12-25-23-18(22-24-25)10-14-5-3-2-4-6-14/h2-9,11H,10,12H2,1H3. The third-order valence-corrected chi connectivity index (χ3v) is 4.33. The fraction of sp³-hybridized carbons (Fsp3) is 0.158. The summed E-state index contributed by atoms with van der Waals surface area (Å²) >= 11 is 6.33. The number of aryl methyl sites for hydroxylation is 1. The number of pyridine rings is 1. The molecule has 2 aromatic carbocycles. The van der Waals surface area contributed by atoms with Gasteiger partial charge in [0, 0.05) is 17.4 Å². The molecule has 0 N–H and O–H groups in total. The number of benzene rings is 2. The van der Waals surface area contributed by atoms with Gasteiger partial charge in [0.05, 0.1) is 12.1 Å². The van der Waals surface area contributed by atoms with Crippen LogP contribution >= 0.6 is 11.6 Å². The Labute approximate surface area is 150 Å². The van der Waals surface area contributed by atoms with Gasteiger partial charge in [0.2, 0.25) is 0 Å². The van der Waals surface area contributed by atoms with E-state index >= 15 is 0 Å². The first kappa shape index (κ1) is 15.7. The van der Waals surface area contributed by atoms with Gasteiger partial charge in [-0.1, -0.05) is 53.6 Å². The van der Waals surface area contributed by atoms with Gasteiger partial charge in [0.1, 0.15) is 5.15 Å². The molecule has 0 aliphatic carbocycles. The number of hydrogen-bond acceptors (Lipinski definition) is 4. The lowest BCUT2D eigenvalue weighted by Crippen LogP contribution is -2.06. The summed E-state index contributed by atoms with van der Waals surface area (Å²) in [6.07, 6.45) is 0.656. The number of aromatic nitrogens is 5. The van der Waals surface area contributed by atoms with E-state index in [0.717, 1.165) is 22.0 Å². The van der Waals surface area contributed by atoms with Gasteiger partial charge in [0.25, 0.3) is 0 Å². The molecule has 0 radical (unpaired) electrons. The number of halogens is 1. The number of rotatable bonds is 4. The van der Waals surface area contributed by atoms with Crippen molar-refractivity contribution in [3.05, 3.63) is 82.3 Å². The summed E-state index contributed by atoms with van der Waals surface area (Å²) in [6.45, 7) is 2.50. The predicted molar refractivity (Wildman–Crippen MR) is 97.7 cm³/mol. The summed E-state index contributed by atoms with van der Waals surface area (Å²) in [7, 11) is 0. The maximum Gasteiger partial charge on any atom is 0.179 e. The Balaban J connectivity index is 1.58. The van der Waals surface area contributed by atoms with Crippen LogP contribution in [0.4, 0.5) is 0 Å². The maximum absolute atomic E-state index is 6.33. The van der Waals surface area contributed by atoms with E-state index in [1.165, 1.54) is 5.56 Å². The minimum Gasteiger partial charge on any atom is -0.236 e. The highest BCUT2D eigenvalue weighted by atomic mass is 35.5. The summed E-state index contributed by atoms with van der Waals surface area (Å²) in [4.78, 5) is 6.02. The van der Waals surface area contributed by atoms with Gasteiger partial charge in [-0.25, -0.2) is 4.98 Å². The lowest BCUT2D eigenvalue weighted by atomic mass is 10.1. The van der Waals surface area contributed by atoms with Crippen molar-refractivity contribution in [2.75, 3.05) is 0 Å². The topological polar surface area (TPSA) is 56.5 Å².